The third-order valence-electron chi connectivity index (χ3n) is 2.20. The second kappa shape index (κ2) is 4.85. The van der Waals surface area contributed by atoms with Crippen molar-refractivity contribution in [2.75, 3.05) is 11.1 Å². The number of aromatic nitrogens is 1. The summed E-state index contributed by atoms with van der Waals surface area (Å²) in [7, 11) is 0. The lowest BCUT2D eigenvalue weighted by molar-refractivity contribution is 0.102. The van der Waals surface area contributed by atoms with Gasteiger partial charge < -0.3 is 11.1 Å². The normalized spacial score (nSPS) is 10.2. The summed E-state index contributed by atoms with van der Waals surface area (Å²) in [5.74, 6) is -0.251. The lowest BCUT2D eigenvalue weighted by Gasteiger charge is -2.07. The lowest BCUT2D eigenvalue weighted by atomic mass is 10.2. The van der Waals surface area contributed by atoms with Gasteiger partial charge in [0.15, 0.2) is 5.13 Å². The first-order valence-electron chi connectivity index (χ1n) is 4.85. The molecule has 0 aliphatic rings. The van der Waals surface area contributed by atoms with E-state index in [9.17, 15) is 4.79 Å². The van der Waals surface area contributed by atoms with Gasteiger partial charge in [-0.3, -0.25) is 4.79 Å². The minimum absolute atomic E-state index is 0.251. The van der Waals surface area contributed by atoms with E-state index >= 15 is 0 Å². The highest BCUT2D eigenvalue weighted by Gasteiger charge is 2.11. The van der Waals surface area contributed by atoms with Gasteiger partial charge >= 0.3 is 0 Å². The van der Waals surface area contributed by atoms with Gasteiger partial charge in [0.25, 0.3) is 5.91 Å². The van der Waals surface area contributed by atoms with Gasteiger partial charge in [0.1, 0.15) is 5.69 Å². The van der Waals surface area contributed by atoms with Gasteiger partial charge in [-0.25, -0.2) is 4.98 Å². The Morgan fingerprint density at radius 3 is 2.94 bits per heavy atom. The minimum Gasteiger partial charge on any atom is -0.375 e. The molecule has 0 saturated carbocycles. The summed E-state index contributed by atoms with van der Waals surface area (Å²) in [5, 5.41) is 4.83. The van der Waals surface area contributed by atoms with Crippen molar-refractivity contribution in [3.63, 3.8) is 0 Å². The fraction of sp³-hybridized carbons (Fsp3) is 0.0909. The zero-order chi connectivity index (χ0) is 12.4. The van der Waals surface area contributed by atoms with Crippen LogP contribution in [0.2, 0.25) is 0 Å². The predicted octanol–water partition coefficient (Wildman–Crippen LogP) is 3.05. The molecule has 0 unspecified atom stereocenters. The van der Waals surface area contributed by atoms with E-state index in [2.05, 4.69) is 26.2 Å². The molecule has 3 N–H and O–H groups in total. The van der Waals surface area contributed by atoms with Crippen LogP contribution in [0.15, 0.2) is 28.1 Å². The van der Waals surface area contributed by atoms with E-state index < -0.39 is 0 Å². The van der Waals surface area contributed by atoms with Gasteiger partial charge in [-0.05, 0) is 24.6 Å². The Morgan fingerprint density at radius 1 is 1.53 bits per heavy atom. The molecule has 17 heavy (non-hydrogen) atoms. The summed E-state index contributed by atoms with van der Waals surface area (Å²) in [4.78, 5) is 15.8. The van der Waals surface area contributed by atoms with Crippen molar-refractivity contribution >= 4 is 44.0 Å². The van der Waals surface area contributed by atoms with Gasteiger partial charge in [0.2, 0.25) is 0 Å². The topological polar surface area (TPSA) is 68.0 Å². The zero-order valence-corrected chi connectivity index (χ0v) is 11.4. The third kappa shape index (κ3) is 2.83. The Balaban J connectivity index is 2.21. The monoisotopic (exact) mass is 311 g/mol. The molecule has 1 heterocycles. The number of nitrogens with one attached hydrogen (secondary N) is 1. The molecule has 0 spiro atoms. The van der Waals surface area contributed by atoms with Crippen LogP contribution in [0.4, 0.5) is 10.8 Å². The molecular formula is C11H10BrN3OS. The molecule has 0 aliphatic carbocycles. The van der Waals surface area contributed by atoms with E-state index in [1.165, 1.54) is 11.3 Å². The lowest BCUT2D eigenvalue weighted by Crippen LogP contribution is -2.13. The predicted molar refractivity (Wildman–Crippen MR) is 73.4 cm³/mol. The molecule has 4 nitrogen and oxygen atoms in total. The molecule has 6 heteroatoms. The average molecular weight is 312 g/mol. The van der Waals surface area contributed by atoms with Crippen LogP contribution in [0.1, 0.15) is 16.1 Å². The Hall–Kier alpha value is -1.40. The Kier molecular flexibility index (Phi) is 3.44. The first-order valence-corrected chi connectivity index (χ1v) is 6.52. The van der Waals surface area contributed by atoms with Crippen LogP contribution < -0.4 is 11.1 Å². The van der Waals surface area contributed by atoms with Crippen molar-refractivity contribution in [2.45, 2.75) is 6.92 Å². The van der Waals surface area contributed by atoms with E-state index in [-0.39, 0.29) is 5.91 Å². The summed E-state index contributed by atoms with van der Waals surface area (Å²) in [5.41, 5.74) is 7.57. The van der Waals surface area contributed by atoms with Crippen molar-refractivity contribution in [1.82, 2.24) is 4.98 Å². The molecule has 2 aromatic rings. The summed E-state index contributed by atoms with van der Waals surface area (Å²) in [6, 6.07) is 5.70. The number of halogens is 1. The molecule has 0 atom stereocenters. The first kappa shape index (κ1) is 12.1. The van der Waals surface area contributed by atoms with Gasteiger partial charge in [-0.15, -0.1) is 11.3 Å². The highest BCUT2D eigenvalue weighted by molar-refractivity contribution is 9.10. The Bertz CT molecular complexity index is 568. The van der Waals surface area contributed by atoms with Crippen molar-refractivity contribution in [2.24, 2.45) is 0 Å². The Labute approximate surface area is 111 Å². The molecule has 0 saturated heterocycles. The molecule has 1 aromatic heterocycles. The Morgan fingerprint density at radius 2 is 2.29 bits per heavy atom. The highest BCUT2D eigenvalue weighted by atomic mass is 79.9. The van der Waals surface area contributed by atoms with E-state index in [4.69, 9.17) is 5.73 Å². The van der Waals surface area contributed by atoms with Crippen LogP contribution in [0.5, 0.6) is 0 Å². The van der Waals surface area contributed by atoms with Crippen molar-refractivity contribution in [1.29, 1.82) is 0 Å². The van der Waals surface area contributed by atoms with E-state index in [0.717, 1.165) is 15.7 Å². The number of rotatable bonds is 2. The molecule has 1 aromatic carbocycles. The molecule has 0 aliphatic heterocycles. The molecular weight excluding hydrogens is 302 g/mol. The molecule has 88 valence electrons. The third-order valence-corrected chi connectivity index (χ3v) is 3.37. The summed E-state index contributed by atoms with van der Waals surface area (Å²) in [6.07, 6.45) is 0. The molecule has 1 amide bonds. The maximum atomic E-state index is 11.9. The summed E-state index contributed by atoms with van der Waals surface area (Å²) >= 11 is 4.61. The average Bonchev–Trinajstić information content (AvgIpc) is 2.70. The molecule has 0 radical (unpaired) electrons. The van der Waals surface area contributed by atoms with E-state index in [1.807, 2.05) is 25.1 Å². The SMILES string of the molecule is Cc1ccc(Br)cc1NC(=O)c1csc(N)n1. The van der Waals surface area contributed by atoms with Crippen molar-refractivity contribution < 1.29 is 4.79 Å². The fourth-order valence-electron chi connectivity index (χ4n) is 1.31. The largest absolute Gasteiger partial charge is 0.375 e. The summed E-state index contributed by atoms with van der Waals surface area (Å²) in [6.45, 7) is 1.93. The number of nitrogens with two attached hydrogens (primary N) is 1. The number of carbonyl (C=O) groups excluding carboxylic acids is 1. The summed E-state index contributed by atoms with van der Waals surface area (Å²) < 4.78 is 0.913. The second-order valence-corrected chi connectivity index (χ2v) is 5.29. The number of nitrogens with zero attached hydrogens (tertiary/aromatic N) is 1. The molecule has 2 rings (SSSR count). The highest BCUT2D eigenvalue weighted by Crippen LogP contribution is 2.21. The van der Waals surface area contributed by atoms with Crippen LogP contribution in [0.3, 0.4) is 0 Å². The number of benzene rings is 1. The maximum Gasteiger partial charge on any atom is 0.275 e. The number of aryl methyl sites for hydroxylation is 1. The van der Waals surface area contributed by atoms with Crippen LogP contribution >= 0.6 is 27.3 Å². The van der Waals surface area contributed by atoms with Gasteiger partial charge in [-0.1, -0.05) is 22.0 Å². The maximum absolute atomic E-state index is 11.9. The number of amides is 1. The second-order valence-electron chi connectivity index (χ2n) is 3.48. The van der Waals surface area contributed by atoms with Gasteiger partial charge in [0.05, 0.1) is 0 Å². The van der Waals surface area contributed by atoms with E-state index in [0.29, 0.717) is 10.8 Å². The number of carbonyl (C=O) groups is 1. The van der Waals surface area contributed by atoms with Crippen LogP contribution in [0.25, 0.3) is 0 Å². The fourth-order valence-corrected chi connectivity index (χ4v) is 2.21. The quantitative estimate of drug-likeness (QED) is 0.895. The minimum atomic E-state index is -0.251. The number of anilines is 2. The molecule has 0 bridgehead atoms. The first-order chi connectivity index (χ1) is 8.06. The number of nitrogen functional groups attached to an aromatic ring is 1. The number of hydrogen-bond donors (Lipinski definition) is 2. The van der Waals surface area contributed by atoms with Crippen molar-refractivity contribution in [3.8, 4) is 0 Å². The van der Waals surface area contributed by atoms with Crippen LogP contribution in [-0.4, -0.2) is 10.9 Å². The molecule has 0 fully saturated rings. The number of thiazole rings is 1. The van der Waals surface area contributed by atoms with Crippen LogP contribution in [-0.2, 0) is 0 Å². The van der Waals surface area contributed by atoms with Crippen molar-refractivity contribution in [3.05, 3.63) is 39.3 Å². The van der Waals surface area contributed by atoms with Gasteiger partial charge in [-0.2, -0.15) is 0 Å². The number of hydrogen-bond acceptors (Lipinski definition) is 4. The van der Waals surface area contributed by atoms with Crippen LogP contribution in [0, 0.1) is 6.92 Å². The van der Waals surface area contributed by atoms with E-state index in [1.54, 1.807) is 5.38 Å². The standard InChI is InChI=1S/C11H10BrN3OS/c1-6-2-3-7(12)4-8(6)14-10(16)9-5-17-11(13)15-9/h2-5H,1H3,(H2,13,15)(H,14,16). The van der Waals surface area contributed by atoms with Gasteiger partial charge in [0, 0.05) is 15.5 Å². The smallest absolute Gasteiger partial charge is 0.275 e. The zero-order valence-electron chi connectivity index (χ0n) is 9.03.